The van der Waals surface area contributed by atoms with E-state index in [1.807, 2.05) is 0 Å². The van der Waals surface area contributed by atoms with E-state index in [1.54, 1.807) is 0 Å². The molecule has 1 aliphatic carbocycles. The molecule has 2 aliphatic rings. The van der Waals surface area contributed by atoms with Crippen molar-refractivity contribution in [2.45, 2.75) is 31.8 Å². The fraction of sp³-hybridized carbons (Fsp3) is 0.500. The molecule has 1 heterocycles. The Morgan fingerprint density at radius 2 is 1.73 bits per heavy atom. The quantitative estimate of drug-likeness (QED) is 0.871. The number of carbonyl (C=O) groups is 2. The second kappa shape index (κ2) is 5.76. The van der Waals surface area contributed by atoms with Gasteiger partial charge < -0.3 is 5.11 Å². The number of β-amino-alcohol motifs (C(OH)–C–C–N with tert-alkyl or cyclic N) is 1. The zero-order chi connectivity index (χ0) is 15.9. The van der Waals surface area contributed by atoms with Crippen LogP contribution in [0, 0.1) is 23.5 Å². The van der Waals surface area contributed by atoms with Crippen molar-refractivity contribution in [2.75, 3.05) is 6.54 Å². The predicted octanol–water partition coefficient (Wildman–Crippen LogP) is 2.17. The molecule has 1 N–H and O–H groups in total. The maximum atomic E-state index is 13.7. The van der Waals surface area contributed by atoms with Crippen LogP contribution in [0.25, 0.3) is 0 Å². The summed E-state index contributed by atoms with van der Waals surface area (Å²) in [6.45, 7) is -0.328. The Balaban J connectivity index is 1.79. The largest absolute Gasteiger partial charge is 0.386 e. The maximum absolute atomic E-state index is 13.7. The molecule has 1 aromatic rings. The third-order valence-electron chi connectivity index (χ3n) is 4.60. The average Bonchev–Trinajstić information content (AvgIpc) is 2.75. The first kappa shape index (κ1) is 15.1. The molecular weight excluding hydrogens is 292 g/mol. The van der Waals surface area contributed by atoms with Crippen LogP contribution >= 0.6 is 0 Å². The minimum atomic E-state index is -1.43. The molecular formula is C16H17F2NO3. The zero-order valence-corrected chi connectivity index (χ0v) is 12.0. The highest BCUT2D eigenvalue weighted by atomic mass is 19.1. The predicted molar refractivity (Wildman–Crippen MR) is 73.5 cm³/mol. The molecule has 3 rings (SSSR count). The Kier molecular flexibility index (Phi) is 3.95. The van der Waals surface area contributed by atoms with Crippen LogP contribution in [-0.4, -0.2) is 28.4 Å². The first-order chi connectivity index (χ1) is 10.5. The van der Waals surface area contributed by atoms with Gasteiger partial charge in [-0.15, -0.1) is 0 Å². The third-order valence-corrected chi connectivity index (χ3v) is 4.60. The number of amides is 2. The van der Waals surface area contributed by atoms with Crippen molar-refractivity contribution < 1.29 is 23.5 Å². The first-order valence-electron chi connectivity index (χ1n) is 7.47. The number of hydrogen-bond donors (Lipinski definition) is 1. The summed E-state index contributed by atoms with van der Waals surface area (Å²) in [5.74, 6) is -2.67. The SMILES string of the molecule is O=C1[C@H]2CCCC[C@H]2C(=O)N1C[C@@H](O)c1cc(F)ccc1F. The Bertz CT molecular complexity index is 595. The number of nitrogens with zero attached hydrogens (tertiary/aromatic N) is 1. The number of imide groups is 1. The van der Waals surface area contributed by atoms with Gasteiger partial charge in [-0.2, -0.15) is 0 Å². The second-order valence-corrected chi connectivity index (χ2v) is 5.97. The van der Waals surface area contributed by atoms with Crippen LogP contribution < -0.4 is 0 Å². The summed E-state index contributed by atoms with van der Waals surface area (Å²) in [6.07, 6.45) is 1.75. The fourth-order valence-electron chi connectivity index (χ4n) is 3.45. The van der Waals surface area contributed by atoms with E-state index < -0.39 is 17.7 Å². The maximum Gasteiger partial charge on any atom is 0.233 e. The number of rotatable bonds is 3. The lowest BCUT2D eigenvalue weighted by molar-refractivity contribution is -0.141. The zero-order valence-electron chi connectivity index (χ0n) is 12.0. The standard InChI is InChI=1S/C16H17F2NO3/c17-9-5-6-13(18)12(7-9)14(20)8-19-15(21)10-3-1-2-4-11(10)16(19)22/h5-7,10-11,14,20H,1-4,8H2/t10-,11+,14-/m1/s1. The highest BCUT2D eigenvalue weighted by Crippen LogP contribution is 2.38. The number of likely N-dealkylation sites (tertiary alicyclic amines) is 1. The van der Waals surface area contributed by atoms with E-state index in [2.05, 4.69) is 0 Å². The summed E-state index contributed by atoms with van der Waals surface area (Å²) in [5.41, 5.74) is -0.240. The molecule has 2 amide bonds. The van der Waals surface area contributed by atoms with Gasteiger partial charge in [-0.3, -0.25) is 14.5 Å². The second-order valence-electron chi connectivity index (χ2n) is 5.97. The summed E-state index contributed by atoms with van der Waals surface area (Å²) in [5, 5.41) is 10.1. The van der Waals surface area contributed by atoms with E-state index in [9.17, 15) is 23.5 Å². The van der Waals surface area contributed by atoms with Crippen molar-refractivity contribution in [3.05, 3.63) is 35.4 Å². The van der Waals surface area contributed by atoms with Crippen molar-refractivity contribution in [2.24, 2.45) is 11.8 Å². The number of carbonyl (C=O) groups excluding carboxylic acids is 2. The number of fused-ring (bicyclic) bond motifs is 1. The van der Waals surface area contributed by atoms with E-state index in [0.29, 0.717) is 12.8 Å². The van der Waals surface area contributed by atoms with E-state index in [1.165, 1.54) is 0 Å². The molecule has 0 spiro atoms. The Morgan fingerprint density at radius 3 is 2.32 bits per heavy atom. The van der Waals surface area contributed by atoms with Gasteiger partial charge in [-0.25, -0.2) is 8.78 Å². The molecule has 1 aliphatic heterocycles. The molecule has 2 fully saturated rings. The number of halogens is 2. The summed E-state index contributed by atoms with van der Waals surface area (Å²) in [4.78, 5) is 25.6. The topological polar surface area (TPSA) is 57.6 Å². The highest BCUT2D eigenvalue weighted by molar-refractivity contribution is 6.05. The van der Waals surface area contributed by atoms with E-state index >= 15 is 0 Å². The Morgan fingerprint density at radius 1 is 1.14 bits per heavy atom. The van der Waals surface area contributed by atoms with Crippen LogP contribution in [0.2, 0.25) is 0 Å². The molecule has 22 heavy (non-hydrogen) atoms. The lowest BCUT2D eigenvalue weighted by Crippen LogP contribution is -2.35. The van der Waals surface area contributed by atoms with E-state index in [0.717, 1.165) is 35.9 Å². The van der Waals surface area contributed by atoms with Crippen LogP contribution in [-0.2, 0) is 9.59 Å². The van der Waals surface area contributed by atoms with Gasteiger partial charge in [0, 0.05) is 5.56 Å². The number of aliphatic hydroxyl groups excluding tert-OH is 1. The van der Waals surface area contributed by atoms with Crippen LogP contribution in [0.3, 0.4) is 0 Å². The molecule has 0 bridgehead atoms. The van der Waals surface area contributed by atoms with E-state index in [4.69, 9.17) is 0 Å². The normalized spacial score (nSPS) is 26.2. The van der Waals surface area contributed by atoms with Gasteiger partial charge >= 0.3 is 0 Å². The molecule has 0 aromatic heterocycles. The average molecular weight is 309 g/mol. The number of benzene rings is 1. The van der Waals surface area contributed by atoms with Gasteiger partial charge in [0.15, 0.2) is 0 Å². The third kappa shape index (κ3) is 2.52. The molecule has 6 heteroatoms. The molecule has 1 aromatic carbocycles. The number of hydrogen-bond acceptors (Lipinski definition) is 3. The highest BCUT2D eigenvalue weighted by Gasteiger charge is 2.48. The van der Waals surface area contributed by atoms with Gasteiger partial charge in [-0.1, -0.05) is 12.8 Å². The van der Waals surface area contributed by atoms with Crippen LogP contribution in [0.5, 0.6) is 0 Å². The van der Waals surface area contributed by atoms with Gasteiger partial charge in [0.25, 0.3) is 0 Å². The smallest absolute Gasteiger partial charge is 0.233 e. The Labute approximate surface area is 126 Å². The van der Waals surface area contributed by atoms with Crippen molar-refractivity contribution in [3.63, 3.8) is 0 Å². The van der Waals surface area contributed by atoms with Crippen molar-refractivity contribution in [1.82, 2.24) is 4.90 Å². The fourth-order valence-corrected chi connectivity index (χ4v) is 3.45. The van der Waals surface area contributed by atoms with Crippen molar-refractivity contribution in [1.29, 1.82) is 0 Å². The van der Waals surface area contributed by atoms with Crippen LogP contribution in [0.4, 0.5) is 8.78 Å². The van der Waals surface area contributed by atoms with Crippen molar-refractivity contribution >= 4 is 11.8 Å². The minimum absolute atomic E-state index is 0.240. The molecule has 1 saturated heterocycles. The van der Waals surface area contributed by atoms with Crippen LogP contribution in [0.15, 0.2) is 18.2 Å². The first-order valence-corrected chi connectivity index (χ1v) is 7.47. The minimum Gasteiger partial charge on any atom is -0.386 e. The van der Waals surface area contributed by atoms with Gasteiger partial charge in [0.05, 0.1) is 24.5 Å². The molecule has 0 radical (unpaired) electrons. The molecule has 4 nitrogen and oxygen atoms in total. The molecule has 3 atom stereocenters. The van der Waals surface area contributed by atoms with Crippen molar-refractivity contribution in [3.8, 4) is 0 Å². The lowest BCUT2D eigenvalue weighted by Gasteiger charge is -2.19. The lowest BCUT2D eigenvalue weighted by atomic mass is 9.81. The van der Waals surface area contributed by atoms with Gasteiger partial charge in [-0.05, 0) is 31.0 Å². The summed E-state index contributed by atoms with van der Waals surface area (Å²) < 4.78 is 26.9. The molecule has 0 unspecified atom stereocenters. The molecule has 118 valence electrons. The van der Waals surface area contributed by atoms with Crippen LogP contribution in [0.1, 0.15) is 37.4 Å². The summed E-state index contributed by atoms with van der Waals surface area (Å²) in [7, 11) is 0. The van der Waals surface area contributed by atoms with Gasteiger partial charge in [0.1, 0.15) is 11.6 Å². The van der Waals surface area contributed by atoms with E-state index in [-0.39, 0.29) is 35.8 Å². The monoisotopic (exact) mass is 309 g/mol. The number of aliphatic hydroxyl groups is 1. The van der Waals surface area contributed by atoms with Gasteiger partial charge in [0.2, 0.25) is 11.8 Å². The Hall–Kier alpha value is -1.82. The molecule has 1 saturated carbocycles. The summed E-state index contributed by atoms with van der Waals surface area (Å²) >= 11 is 0. The summed E-state index contributed by atoms with van der Waals surface area (Å²) in [6, 6.07) is 2.76.